The lowest BCUT2D eigenvalue weighted by molar-refractivity contribution is -0.148. The molecule has 1 aromatic rings. The normalized spacial score (nSPS) is 14.2. The Morgan fingerprint density at radius 3 is 2.94 bits per heavy atom. The van der Waals surface area contributed by atoms with Crippen LogP contribution in [0.5, 0.6) is 0 Å². The van der Waals surface area contributed by atoms with E-state index in [0.717, 1.165) is 25.1 Å². The quantitative estimate of drug-likeness (QED) is 0.589. The average molecular weight is 287 g/mol. The number of thiophene rings is 1. The number of ether oxygens (including phenoxy) is 1. The molecule has 1 unspecified atom stereocenters. The second kappa shape index (κ2) is 7.81. The van der Waals surface area contributed by atoms with Crippen LogP contribution < -0.4 is 5.32 Å². The molecule has 3 nitrogen and oxygen atoms in total. The van der Waals surface area contributed by atoms with Crippen LogP contribution in [0.4, 0.5) is 0 Å². The predicted octanol–water partition coefficient (Wildman–Crippen LogP) is 3.16. The smallest absolute Gasteiger partial charge is 0.325 e. The molecule has 0 aliphatic heterocycles. The third-order valence-corrected chi connectivity index (χ3v) is 4.88. The molecule has 5 heteroatoms. The molecule has 1 N–H and O–H groups in total. The van der Waals surface area contributed by atoms with Crippen LogP contribution in [0.3, 0.4) is 0 Å². The molecule has 0 radical (unpaired) electrons. The zero-order valence-electron chi connectivity index (χ0n) is 11.2. The van der Waals surface area contributed by atoms with Gasteiger partial charge in [0.1, 0.15) is 5.54 Å². The maximum atomic E-state index is 11.8. The largest absolute Gasteiger partial charge is 0.468 e. The summed E-state index contributed by atoms with van der Waals surface area (Å²) in [5, 5.41) is 5.36. The molecular formula is C13H21NO2S2. The van der Waals surface area contributed by atoms with Crippen molar-refractivity contribution in [1.29, 1.82) is 0 Å². The van der Waals surface area contributed by atoms with Crippen LogP contribution in [-0.4, -0.2) is 30.9 Å². The molecule has 1 rings (SSSR count). The molecule has 0 amide bonds. The Morgan fingerprint density at radius 1 is 1.61 bits per heavy atom. The minimum Gasteiger partial charge on any atom is -0.468 e. The minimum absolute atomic E-state index is 0.178. The van der Waals surface area contributed by atoms with Crippen LogP contribution in [0, 0.1) is 0 Å². The van der Waals surface area contributed by atoms with E-state index >= 15 is 0 Å². The van der Waals surface area contributed by atoms with E-state index < -0.39 is 5.54 Å². The third-order valence-electron chi connectivity index (χ3n) is 2.74. The van der Waals surface area contributed by atoms with Crippen LogP contribution in [0.25, 0.3) is 0 Å². The van der Waals surface area contributed by atoms with Gasteiger partial charge >= 0.3 is 5.97 Å². The van der Waals surface area contributed by atoms with Crippen LogP contribution in [0.15, 0.2) is 21.7 Å². The maximum Gasteiger partial charge on any atom is 0.325 e. The molecule has 0 spiro atoms. The summed E-state index contributed by atoms with van der Waals surface area (Å²) >= 11 is 3.52. The van der Waals surface area contributed by atoms with Gasteiger partial charge in [0, 0.05) is 5.75 Å². The molecule has 0 saturated carbocycles. The lowest BCUT2D eigenvalue weighted by Crippen LogP contribution is -2.50. The van der Waals surface area contributed by atoms with Crippen molar-refractivity contribution in [1.82, 2.24) is 5.32 Å². The Balaban J connectivity index is 2.47. The molecule has 1 heterocycles. The van der Waals surface area contributed by atoms with E-state index in [1.165, 1.54) is 11.3 Å². The summed E-state index contributed by atoms with van der Waals surface area (Å²) in [6.45, 7) is 4.84. The zero-order valence-corrected chi connectivity index (χ0v) is 12.8. The second-order valence-electron chi connectivity index (χ2n) is 4.28. The number of thioether (sulfide) groups is 1. The molecular weight excluding hydrogens is 266 g/mol. The van der Waals surface area contributed by atoms with Gasteiger partial charge in [-0.1, -0.05) is 13.0 Å². The van der Waals surface area contributed by atoms with Crippen molar-refractivity contribution in [3.63, 3.8) is 0 Å². The van der Waals surface area contributed by atoms with E-state index in [4.69, 9.17) is 4.74 Å². The maximum absolute atomic E-state index is 11.8. The minimum atomic E-state index is -0.574. The first-order chi connectivity index (χ1) is 8.62. The summed E-state index contributed by atoms with van der Waals surface area (Å²) in [4.78, 5) is 11.8. The summed E-state index contributed by atoms with van der Waals surface area (Å²) in [5.41, 5.74) is -0.574. The Bertz CT molecular complexity index is 354. The Kier molecular flexibility index (Phi) is 6.75. The number of nitrogens with one attached hydrogen (secondary N) is 1. The monoisotopic (exact) mass is 287 g/mol. The van der Waals surface area contributed by atoms with Gasteiger partial charge in [-0.15, -0.1) is 23.1 Å². The van der Waals surface area contributed by atoms with E-state index in [0.29, 0.717) is 0 Å². The summed E-state index contributed by atoms with van der Waals surface area (Å²) in [5.74, 6) is 0.728. The number of rotatable bonds is 8. The predicted molar refractivity (Wildman–Crippen MR) is 78.4 cm³/mol. The number of esters is 1. The number of carbonyl (C=O) groups is 1. The molecule has 102 valence electrons. The number of hydrogen-bond acceptors (Lipinski definition) is 5. The van der Waals surface area contributed by atoms with Crippen molar-refractivity contribution in [2.24, 2.45) is 0 Å². The highest BCUT2D eigenvalue weighted by Crippen LogP contribution is 2.26. The van der Waals surface area contributed by atoms with Gasteiger partial charge in [0.15, 0.2) is 0 Å². The molecule has 0 aliphatic rings. The Labute approximate surface area is 117 Å². The molecule has 0 aromatic carbocycles. The third kappa shape index (κ3) is 4.63. The standard InChI is InChI=1S/C13H21NO2S2/c1-4-8-14-13(2,12(15)16-3)7-10-18-11-6-5-9-17-11/h5-6,9,14H,4,7-8,10H2,1-3H3. The number of carbonyl (C=O) groups excluding carboxylic acids is 1. The Hall–Kier alpha value is -0.520. The lowest BCUT2D eigenvalue weighted by atomic mass is 9.99. The Morgan fingerprint density at radius 2 is 2.39 bits per heavy atom. The van der Waals surface area contributed by atoms with Crippen molar-refractivity contribution < 1.29 is 9.53 Å². The second-order valence-corrected chi connectivity index (χ2v) is 6.62. The summed E-state index contributed by atoms with van der Waals surface area (Å²) in [7, 11) is 1.45. The molecule has 1 atom stereocenters. The first-order valence-electron chi connectivity index (χ1n) is 6.12. The van der Waals surface area contributed by atoms with Gasteiger partial charge in [-0.3, -0.25) is 4.79 Å². The van der Waals surface area contributed by atoms with Gasteiger partial charge in [0.25, 0.3) is 0 Å². The van der Waals surface area contributed by atoms with Crippen LogP contribution in [0.2, 0.25) is 0 Å². The summed E-state index contributed by atoms with van der Waals surface area (Å²) in [6.07, 6.45) is 1.77. The summed E-state index contributed by atoms with van der Waals surface area (Å²) < 4.78 is 6.18. The van der Waals surface area contributed by atoms with E-state index in [-0.39, 0.29) is 5.97 Å². The highest BCUT2D eigenvalue weighted by molar-refractivity contribution is 8.01. The topological polar surface area (TPSA) is 38.3 Å². The zero-order chi connectivity index (χ0) is 13.4. The molecule has 0 aliphatic carbocycles. The highest BCUT2D eigenvalue weighted by atomic mass is 32.2. The molecule has 0 bridgehead atoms. The van der Waals surface area contributed by atoms with Gasteiger partial charge in [-0.2, -0.15) is 0 Å². The van der Waals surface area contributed by atoms with Gasteiger partial charge in [0.05, 0.1) is 11.3 Å². The first-order valence-corrected chi connectivity index (χ1v) is 7.98. The van der Waals surface area contributed by atoms with Crippen LogP contribution in [-0.2, 0) is 9.53 Å². The van der Waals surface area contributed by atoms with Crippen molar-refractivity contribution in [2.75, 3.05) is 19.4 Å². The van der Waals surface area contributed by atoms with Crippen LogP contribution in [0.1, 0.15) is 26.7 Å². The van der Waals surface area contributed by atoms with Gasteiger partial charge in [-0.05, 0) is 37.8 Å². The number of hydrogen-bond donors (Lipinski definition) is 1. The van der Waals surface area contributed by atoms with E-state index in [1.807, 2.05) is 13.0 Å². The lowest BCUT2D eigenvalue weighted by Gasteiger charge is -2.27. The van der Waals surface area contributed by atoms with Gasteiger partial charge in [0.2, 0.25) is 0 Å². The average Bonchev–Trinajstić information content (AvgIpc) is 2.88. The van der Waals surface area contributed by atoms with E-state index in [1.54, 1.807) is 23.1 Å². The van der Waals surface area contributed by atoms with Crippen molar-refractivity contribution in [3.8, 4) is 0 Å². The van der Waals surface area contributed by atoms with Gasteiger partial charge < -0.3 is 10.1 Å². The SMILES string of the molecule is CCCNC(C)(CCSc1cccs1)C(=O)OC. The fourth-order valence-electron chi connectivity index (χ4n) is 1.59. The molecule has 0 fully saturated rings. The van der Waals surface area contributed by atoms with Crippen LogP contribution >= 0.6 is 23.1 Å². The van der Waals surface area contributed by atoms with E-state index in [2.05, 4.69) is 23.7 Å². The molecule has 1 aromatic heterocycles. The fraction of sp³-hybridized carbons (Fsp3) is 0.615. The van der Waals surface area contributed by atoms with Crippen molar-refractivity contribution in [2.45, 2.75) is 36.4 Å². The first kappa shape index (κ1) is 15.5. The molecule has 0 saturated heterocycles. The van der Waals surface area contributed by atoms with Crippen molar-refractivity contribution in [3.05, 3.63) is 17.5 Å². The van der Waals surface area contributed by atoms with E-state index in [9.17, 15) is 4.79 Å². The fourth-order valence-corrected chi connectivity index (χ4v) is 3.61. The van der Waals surface area contributed by atoms with Crippen molar-refractivity contribution >= 4 is 29.1 Å². The summed E-state index contributed by atoms with van der Waals surface area (Å²) in [6, 6.07) is 4.14. The number of methoxy groups -OCH3 is 1. The van der Waals surface area contributed by atoms with Gasteiger partial charge in [-0.25, -0.2) is 0 Å². The highest BCUT2D eigenvalue weighted by Gasteiger charge is 2.33. The molecule has 18 heavy (non-hydrogen) atoms.